The van der Waals surface area contributed by atoms with E-state index in [2.05, 4.69) is 5.16 Å². The third-order valence-electron chi connectivity index (χ3n) is 2.68. The quantitative estimate of drug-likeness (QED) is 0.332. The highest BCUT2D eigenvalue weighted by Crippen LogP contribution is 2.16. The maximum absolute atomic E-state index is 8.62. The molecule has 0 amide bonds. The third-order valence-corrected chi connectivity index (χ3v) is 2.68. The van der Waals surface area contributed by atoms with Crippen molar-refractivity contribution < 1.29 is 9.94 Å². The summed E-state index contributed by atoms with van der Waals surface area (Å²) in [5.74, 6) is 0.682. The first kappa shape index (κ1) is 10.0. The summed E-state index contributed by atoms with van der Waals surface area (Å²) >= 11 is 0. The fraction of sp³-hybridized carbons (Fsp3) is 0.500. The molecule has 1 atom stereocenters. The van der Waals surface area contributed by atoms with E-state index in [1.54, 1.807) is 0 Å². The van der Waals surface area contributed by atoms with Gasteiger partial charge in [0.05, 0.1) is 12.3 Å². The largest absolute Gasteiger partial charge is 0.409 e. The van der Waals surface area contributed by atoms with Crippen LogP contribution in [0.15, 0.2) is 23.5 Å². The minimum absolute atomic E-state index is 0.152. The number of oxime groups is 1. The first-order chi connectivity index (χ1) is 7.31. The Morgan fingerprint density at radius 3 is 3.27 bits per heavy atom. The highest BCUT2D eigenvalue weighted by molar-refractivity contribution is 5.95. The molecule has 0 aromatic carbocycles. The van der Waals surface area contributed by atoms with E-state index in [0.717, 1.165) is 31.9 Å². The zero-order chi connectivity index (χ0) is 10.7. The summed E-state index contributed by atoms with van der Waals surface area (Å²) in [5, 5.41) is 11.6. The second-order valence-corrected chi connectivity index (χ2v) is 3.76. The van der Waals surface area contributed by atoms with E-state index in [-0.39, 0.29) is 5.84 Å². The molecular weight excluding hydrogens is 194 g/mol. The van der Waals surface area contributed by atoms with Gasteiger partial charge in [-0.25, -0.2) is 0 Å². The van der Waals surface area contributed by atoms with Crippen molar-refractivity contribution in [1.82, 2.24) is 4.57 Å². The molecule has 1 aromatic rings. The first-order valence-corrected chi connectivity index (χ1v) is 5.02. The van der Waals surface area contributed by atoms with Gasteiger partial charge in [0, 0.05) is 25.3 Å². The van der Waals surface area contributed by atoms with Crippen molar-refractivity contribution in [2.24, 2.45) is 16.8 Å². The topological polar surface area (TPSA) is 72.8 Å². The maximum atomic E-state index is 8.62. The number of rotatable bonds is 3. The molecule has 1 unspecified atom stereocenters. The van der Waals surface area contributed by atoms with Gasteiger partial charge in [-0.2, -0.15) is 0 Å². The van der Waals surface area contributed by atoms with Crippen LogP contribution < -0.4 is 5.73 Å². The van der Waals surface area contributed by atoms with E-state index in [1.807, 2.05) is 22.9 Å². The minimum atomic E-state index is 0.152. The summed E-state index contributed by atoms with van der Waals surface area (Å²) in [6, 6.07) is 3.73. The van der Waals surface area contributed by atoms with Crippen molar-refractivity contribution in [1.29, 1.82) is 0 Å². The Labute approximate surface area is 88.1 Å². The molecule has 2 heterocycles. The normalized spacial score (nSPS) is 22.1. The van der Waals surface area contributed by atoms with Gasteiger partial charge in [-0.15, -0.1) is 0 Å². The lowest BCUT2D eigenvalue weighted by molar-refractivity contribution is 0.182. The first-order valence-electron chi connectivity index (χ1n) is 5.02. The molecule has 3 N–H and O–H groups in total. The van der Waals surface area contributed by atoms with Crippen molar-refractivity contribution in [3.8, 4) is 0 Å². The van der Waals surface area contributed by atoms with Gasteiger partial charge >= 0.3 is 0 Å². The van der Waals surface area contributed by atoms with Crippen molar-refractivity contribution in [3.05, 3.63) is 24.0 Å². The molecule has 0 spiro atoms. The molecule has 0 radical (unpaired) electrons. The van der Waals surface area contributed by atoms with Crippen molar-refractivity contribution >= 4 is 5.84 Å². The Bertz CT molecular complexity index is 353. The monoisotopic (exact) mass is 209 g/mol. The van der Waals surface area contributed by atoms with Crippen LogP contribution in [0.5, 0.6) is 0 Å². The molecule has 1 aromatic heterocycles. The molecule has 0 saturated carbocycles. The highest BCUT2D eigenvalue weighted by atomic mass is 16.5. The molecule has 82 valence electrons. The Balaban J connectivity index is 2.10. The lowest BCUT2D eigenvalue weighted by Crippen LogP contribution is -2.20. The minimum Gasteiger partial charge on any atom is -0.409 e. The Morgan fingerprint density at radius 1 is 1.73 bits per heavy atom. The Hall–Kier alpha value is -1.49. The van der Waals surface area contributed by atoms with Gasteiger partial charge in [0.25, 0.3) is 0 Å². The number of hydrogen-bond donors (Lipinski definition) is 2. The van der Waals surface area contributed by atoms with Crippen molar-refractivity contribution in [2.75, 3.05) is 13.2 Å². The van der Waals surface area contributed by atoms with Crippen LogP contribution in [0.25, 0.3) is 0 Å². The molecule has 2 rings (SSSR count). The maximum Gasteiger partial charge on any atom is 0.186 e. The number of amidine groups is 1. The van der Waals surface area contributed by atoms with Crippen LogP contribution in [0, 0.1) is 5.92 Å². The van der Waals surface area contributed by atoms with E-state index < -0.39 is 0 Å². The van der Waals surface area contributed by atoms with Gasteiger partial charge in [0.1, 0.15) is 0 Å². The second-order valence-electron chi connectivity index (χ2n) is 3.76. The summed E-state index contributed by atoms with van der Waals surface area (Å²) in [6.45, 7) is 2.50. The zero-order valence-corrected chi connectivity index (χ0v) is 8.47. The van der Waals surface area contributed by atoms with E-state index in [4.69, 9.17) is 15.7 Å². The van der Waals surface area contributed by atoms with Gasteiger partial charge in [-0.1, -0.05) is 5.16 Å². The van der Waals surface area contributed by atoms with Crippen LogP contribution in [0.2, 0.25) is 0 Å². The summed E-state index contributed by atoms with van der Waals surface area (Å²) in [4.78, 5) is 0. The van der Waals surface area contributed by atoms with E-state index in [0.29, 0.717) is 5.92 Å². The van der Waals surface area contributed by atoms with E-state index in [1.165, 1.54) is 0 Å². The second kappa shape index (κ2) is 4.35. The molecule has 5 nitrogen and oxygen atoms in total. The van der Waals surface area contributed by atoms with Gasteiger partial charge in [-0.3, -0.25) is 0 Å². The predicted octanol–water partition coefficient (Wildman–Crippen LogP) is 0.619. The van der Waals surface area contributed by atoms with Crippen LogP contribution in [-0.4, -0.2) is 28.8 Å². The molecule has 5 heteroatoms. The predicted molar refractivity (Wildman–Crippen MR) is 55.9 cm³/mol. The standard InChI is InChI=1S/C10H15N3O2/c11-10(12-14)9-2-1-4-13(9)6-8-3-5-15-7-8/h1-2,4,8,14H,3,5-7H2,(H2,11,12). The number of nitrogens with zero attached hydrogens (tertiary/aromatic N) is 2. The summed E-state index contributed by atoms with van der Waals surface area (Å²) < 4.78 is 7.30. The fourth-order valence-electron chi connectivity index (χ4n) is 1.86. The van der Waals surface area contributed by atoms with Gasteiger partial charge in [-0.05, 0) is 18.6 Å². The van der Waals surface area contributed by atoms with Gasteiger partial charge < -0.3 is 20.2 Å². The van der Waals surface area contributed by atoms with Crippen molar-refractivity contribution in [3.63, 3.8) is 0 Å². The SMILES string of the molecule is N/C(=N/O)c1cccn1CC1CCOC1. The average Bonchev–Trinajstić information content (AvgIpc) is 2.88. The highest BCUT2D eigenvalue weighted by Gasteiger charge is 2.17. The molecular formula is C10H15N3O2. The average molecular weight is 209 g/mol. The zero-order valence-electron chi connectivity index (χ0n) is 8.47. The Kier molecular flexibility index (Phi) is 2.91. The molecule has 1 aliphatic rings. The summed E-state index contributed by atoms with van der Waals surface area (Å²) in [5.41, 5.74) is 6.32. The smallest absolute Gasteiger partial charge is 0.186 e. The van der Waals surface area contributed by atoms with E-state index in [9.17, 15) is 0 Å². The van der Waals surface area contributed by atoms with Gasteiger partial charge in [0.15, 0.2) is 5.84 Å². The number of nitrogens with two attached hydrogens (primary N) is 1. The molecule has 1 aliphatic heterocycles. The summed E-state index contributed by atoms with van der Waals surface area (Å²) in [7, 11) is 0. The van der Waals surface area contributed by atoms with E-state index >= 15 is 0 Å². The molecule has 0 aliphatic carbocycles. The molecule has 1 fully saturated rings. The van der Waals surface area contributed by atoms with Crippen LogP contribution in [0.1, 0.15) is 12.1 Å². The van der Waals surface area contributed by atoms with Crippen molar-refractivity contribution in [2.45, 2.75) is 13.0 Å². The number of aromatic nitrogens is 1. The fourth-order valence-corrected chi connectivity index (χ4v) is 1.86. The lowest BCUT2D eigenvalue weighted by atomic mass is 10.1. The number of hydrogen-bond acceptors (Lipinski definition) is 3. The van der Waals surface area contributed by atoms with Crippen LogP contribution in [-0.2, 0) is 11.3 Å². The lowest BCUT2D eigenvalue weighted by Gasteiger charge is -2.11. The van der Waals surface area contributed by atoms with Crippen LogP contribution in [0.3, 0.4) is 0 Å². The summed E-state index contributed by atoms with van der Waals surface area (Å²) in [6.07, 6.45) is 3.01. The third kappa shape index (κ3) is 2.12. The number of ether oxygens (including phenoxy) is 1. The van der Waals surface area contributed by atoms with Gasteiger partial charge in [0.2, 0.25) is 0 Å². The Morgan fingerprint density at radius 2 is 2.60 bits per heavy atom. The molecule has 1 saturated heterocycles. The van der Waals surface area contributed by atoms with Crippen LogP contribution >= 0.6 is 0 Å². The molecule has 15 heavy (non-hydrogen) atoms. The van der Waals surface area contributed by atoms with Crippen LogP contribution in [0.4, 0.5) is 0 Å². The molecule has 0 bridgehead atoms.